The number of pyridine rings is 1. The van der Waals surface area contributed by atoms with E-state index in [9.17, 15) is 4.79 Å². The third kappa shape index (κ3) is 3.38. The number of aromatic carboxylic acids is 1. The van der Waals surface area contributed by atoms with Crippen LogP contribution < -0.4 is 4.74 Å². The van der Waals surface area contributed by atoms with Gasteiger partial charge in [-0.25, -0.2) is 9.78 Å². The van der Waals surface area contributed by atoms with Crippen LogP contribution in [0.3, 0.4) is 0 Å². The Morgan fingerprint density at radius 3 is 2.68 bits per heavy atom. The summed E-state index contributed by atoms with van der Waals surface area (Å²) in [6, 6.07) is 1.38. The molecule has 0 spiro atoms. The Bertz CT molecular complexity index is 478. The van der Waals surface area contributed by atoms with Crippen LogP contribution in [0.2, 0.25) is 5.02 Å². The Hall–Kier alpha value is -1.29. The minimum Gasteiger partial charge on any atom is -0.478 e. The molecule has 1 N–H and O–H groups in total. The molecule has 0 unspecified atom stereocenters. The van der Waals surface area contributed by atoms with Gasteiger partial charge in [0.05, 0.1) is 5.56 Å². The summed E-state index contributed by atoms with van der Waals surface area (Å²) in [5, 5.41) is 9.08. The number of carbonyl (C=O) groups is 1. The highest BCUT2D eigenvalue weighted by molar-refractivity contribution is 6.34. The van der Waals surface area contributed by atoms with Crippen LogP contribution >= 0.6 is 11.6 Å². The second kappa shape index (κ2) is 5.37. The quantitative estimate of drug-likeness (QED) is 0.917. The number of halogens is 1. The van der Waals surface area contributed by atoms with Gasteiger partial charge in [0.25, 0.3) is 0 Å². The van der Waals surface area contributed by atoms with Crippen LogP contribution in [0.4, 0.5) is 0 Å². The molecule has 1 heterocycles. The van der Waals surface area contributed by atoms with Gasteiger partial charge in [0.2, 0.25) is 5.88 Å². The maximum Gasteiger partial charge on any atom is 0.337 e. The van der Waals surface area contributed by atoms with Gasteiger partial charge in [0.15, 0.2) is 0 Å². The van der Waals surface area contributed by atoms with Crippen LogP contribution in [0.15, 0.2) is 12.3 Å². The zero-order chi connectivity index (χ0) is 14.0. The van der Waals surface area contributed by atoms with Crippen LogP contribution in [-0.4, -0.2) is 22.2 Å². The number of hydrogen-bond acceptors (Lipinski definition) is 3. The Morgan fingerprint density at radius 1 is 1.47 bits per heavy atom. The molecule has 0 bridgehead atoms. The molecule has 1 aliphatic carbocycles. The van der Waals surface area contributed by atoms with Gasteiger partial charge >= 0.3 is 5.97 Å². The monoisotopic (exact) mass is 283 g/mol. The van der Waals surface area contributed by atoms with Gasteiger partial charge in [0, 0.05) is 6.20 Å². The summed E-state index contributed by atoms with van der Waals surface area (Å²) in [6.45, 7) is 4.50. The van der Waals surface area contributed by atoms with E-state index in [1.165, 1.54) is 12.3 Å². The molecule has 4 nitrogen and oxygen atoms in total. The molecule has 19 heavy (non-hydrogen) atoms. The predicted octanol–water partition coefficient (Wildman–Crippen LogP) is 3.78. The average molecular weight is 284 g/mol. The van der Waals surface area contributed by atoms with Crippen LogP contribution in [0.25, 0.3) is 0 Å². The summed E-state index contributed by atoms with van der Waals surface area (Å²) in [6.07, 6.45) is 5.56. The van der Waals surface area contributed by atoms with Crippen LogP contribution in [-0.2, 0) is 0 Å². The van der Waals surface area contributed by atoms with Crippen molar-refractivity contribution in [1.82, 2.24) is 4.98 Å². The largest absolute Gasteiger partial charge is 0.478 e. The number of aromatic nitrogens is 1. The Morgan fingerprint density at radius 2 is 2.11 bits per heavy atom. The van der Waals surface area contributed by atoms with Gasteiger partial charge in [0.1, 0.15) is 11.1 Å². The summed E-state index contributed by atoms with van der Waals surface area (Å²) in [4.78, 5) is 15.0. The van der Waals surface area contributed by atoms with Crippen LogP contribution in [0.1, 0.15) is 49.9 Å². The van der Waals surface area contributed by atoms with E-state index in [1.807, 2.05) is 0 Å². The van der Waals surface area contributed by atoms with Crippen molar-refractivity contribution in [1.29, 1.82) is 0 Å². The van der Waals surface area contributed by atoms with Gasteiger partial charge in [-0.05, 0) is 37.2 Å². The van der Waals surface area contributed by atoms with E-state index in [2.05, 4.69) is 18.8 Å². The topological polar surface area (TPSA) is 59.4 Å². The van der Waals surface area contributed by atoms with Gasteiger partial charge in [-0.15, -0.1) is 0 Å². The first-order valence-corrected chi connectivity index (χ1v) is 6.81. The van der Waals surface area contributed by atoms with Crippen LogP contribution in [0.5, 0.6) is 5.88 Å². The first kappa shape index (κ1) is 14.1. The molecule has 2 rings (SSSR count). The fourth-order valence-electron chi connectivity index (χ4n) is 2.32. The normalized spacial score (nSPS) is 19.1. The highest BCUT2D eigenvalue weighted by Crippen LogP contribution is 2.37. The van der Waals surface area contributed by atoms with E-state index in [4.69, 9.17) is 21.4 Å². The molecule has 1 fully saturated rings. The predicted molar refractivity (Wildman–Crippen MR) is 72.9 cm³/mol. The zero-order valence-electron chi connectivity index (χ0n) is 11.1. The Balaban J connectivity index is 2.08. The van der Waals surface area contributed by atoms with E-state index in [-0.39, 0.29) is 22.6 Å². The second-order valence-electron chi connectivity index (χ2n) is 5.76. The molecule has 1 saturated carbocycles. The number of ether oxygens (including phenoxy) is 1. The van der Waals surface area contributed by atoms with Crippen molar-refractivity contribution in [3.8, 4) is 5.88 Å². The lowest BCUT2D eigenvalue weighted by Crippen LogP contribution is -2.28. The molecule has 1 aromatic rings. The van der Waals surface area contributed by atoms with Gasteiger partial charge in [-0.3, -0.25) is 0 Å². The molecule has 1 aromatic heterocycles. The van der Waals surface area contributed by atoms with Crippen molar-refractivity contribution in [2.45, 2.75) is 45.6 Å². The summed E-state index contributed by atoms with van der Waals surface area (Å²) >= 11 is 6.01. The molecule has 1 aliphatic rings. The van der Waals surface area contributed by atoms with Crippen molar-refractivity contribution in [2.24, 2.45) is 5.41 Å². The third-order valence-corrected chi connectivity index (χ3v) is 4.02. The standard InChI is InChI=1S/C14H18ClNO3/c1-14(2)6-3-9(4-7-14)19-12-11(15)10(13(17)18)5-8-16-12/h5,8-9H,3-4,6-7H2,1-2H3,(H,17,18). The molecule has 0 amide bonds. The maximum absolute atomic E-state index is 11.0. The molecule has 0 radical (unpaired) electrons. The van der Waals surface area contributed by atoms with Crippen molar-refractivity contribution in [3.63, 3.8) is 0 Å². The van der Waals surface area contributed by atoms with Crippen molar-refractivity contribution in [3.05, 3.63) is 22.8 Å². The minimum absolute atomic E-state index is 0.0304. The van der Waals surface area contributed by atoms with Gasteiger partial charge < -0.3 is 9.84 Å². The number of hydrogen-bond donors (Lipinski definition) is 1. The van der Waals surface area contributed by atoms with E-state index in [1.54, 1.807) is 0 Å². The SMILES string of the molecule is CC1(C)CCC(Oc2nccc(C(=O)O)c2Cl)CC1. The van der Waals surface area contributed by atoms with Gasteiger partial charge in [-0.1, -0.05) is 25.4 Å². The number of carboxylic acids is 1. The van der Waals surface area contributed by atoms with Gasteiger partial charge in [-0.2, -0.15) is 0 Å². The molecule has 104 valence electrons. The fraction of sp³-hybridized carbons (Fsp3) is 0.571. The van der Waals surface area contributed by atoms with E-state index < -0.39 is 5.97 Å². The number of rotatable bonds is 3. The molecular formula is C14H18ClNO3. The maximum atomic E-state index is 11.0. The lowest BCUT2D eigenvalue weighted by Gasteiger charge is -2.34. The first-order chi connectivity index (χ1) is 8.89. The number of nitrogens with zero attached hydrogens (tertiary/aromatic N) is 1. The zero-order valence-corrected chi connectivity index (χ0v) is 11.9. The van der Waals surface area contributed by atoms with Crippen molar-refractivity contribution < 1.29 is 14.6 Å². The number of carboxylic acid groups (broad SMARTS) is 1. The lowest BCUT2D eigenvalue weighted by molar-refractivity contribution is 0.0694. The molecule has 0 aliphatic heterocycles. The minimum atomic E-state index is -1.07. The smallest absolute Gasteiger partial charge is 0.337 e. The first-order valence-electron chi connectivity index (χ1n) is 6.43. The summed E-state index contributed by atoms with van der Waals surface area (Å²) < 4.78 is 5.76. The van der Waals surface area contributed by atoms with E-state index >= 15 is 0 Å². The fourth-order valence-corrected chi connectivity index (χ4v) is 2.56. The van der Waals surface area contributed by atoms with E-state index in [0.29, 0.717) is 5.41 Å². The third-order valence-electron chi connectivity index (χ3n) is 3.65. The molecule has 0 atom stereocenters. The molecule has 5 heteroatoms. The lowest BCUT2D eigenvalue weighted by atomic mass is 9.76. The average Bonchev–Trinajstić information content (AvgIpc) is 2.34. The summed E-state index contributed by atoms with van der Waals surface area (Å²) in [7, 11) is 0. The van der Waals surface area contributed by atoms with Crippen LogP contribution in [0, 0.1) is 5.41 Å². The highest BCUT2D eigenvalue weighted by Gasteiger charge is 2.28. The molecule has 0 aromatic carbocycles. The van der Waals surface area contributed by atoms with Crippen molar-refractivity contribution >= 4 is 17.6 Å². The summed E-state index contributed by atoms with van der Waals surface area (Å²) in [5.74, 6) is -0.840. The van der Waals surface area contributed by atoms with Crippen molar-refractivity contribution in [2.75, 3.05) is 0 Å². The summed E-state index contributed by atoms with van der Waals surface area (Å²) in [5.41, 5.74) is 0.391. The molecule has 0 saturated heterocycles. The molecular weight excluding hydrogens is 266 g/mol. The van der Waals surface area contributed by atoms with E-state index in [0.717, 1.165) is 25.7 Å². The Kier molecular flexibility index (Phi) is 3.99. The highest BCUT2D eigenvalue weighted by atomic mass is 35.5. The second-order valence-corrected chi connectivity index (χ2v) is 6.14. The Labute approximate surface area is 117 Å².